The molecule has 0 rings (SSSR count). The van der Waals surface area contributed by atoms with E-state index in [1.807, 2.05) is 27.7 Å². The van der Waals surface area contributed by atoms with E-state index in [2.05, 4.69) is 10.6 Å². The van der Waals surface area contributed by atoms with Crippen LogP contribution in [0.4, 0.5) is 0 Å². The lowest BCUT2D eigenvalue weighted by molar-refractivity contribution is -0.128. The van der Waals surface area contributed by atoms with Crippen molar-refractivity contribution in [2.24, 2.45) is 16.9 Å². The van der Waals surface area contributed by atoms with Crippen LogP contribution in [0.15, 0.2) is 0 Å². The Morgan fingerprint density at radius 2 is 1.48 bits per heavy atom. The van der Waals surface area contributed by atoms with E-state index < -0.39 is 5.41 Å². The molecular formula is C17H40N4O4. The molecule has 0 aromatic rings. The lowest BCUT2D eigenvalue weighted by Crippen LogP contribution is -2.48. The monoisotopic (exact) mass is 364 g/mol. The molecule has 8 nitrogen and oxygen atoms in total. The second kappa shape index (κ2) is 16.3. The van der Waals surface area contributed by atoms with Crippen LogP contribution in [0.3, 0.4) is 0 Å². The van der Waals surface area contributed by atoms with Crippen molar-refractivity contribution >= 4 is 11.8 Å². The molecule has 0 radical (unpaired) electrons. The zero-order chi connectivity index (χ0) is 20.5. The maximum atomic E-state index is 11.3. The molecule has 25 heavy (non-hydrogen) atoms. The number of hydrogen-bond donors (Lipinski definition) is 6. The topological polar surface area (TPSA) is 151 Å². The first-order chi connectivity index (χ1) is 11.6. The zero-order valence-electron chi connectivity index (χ0n) is 16.8. The molecule has 152 valence electrons. The third-order valence-electron chi connectivity index (χ3n) is 3.07. The van der Waals surface area contributed by atoms with Gasteiger partial charge in [-0.3, -0.25) is 9.59 Å². The molecule has 0 aliphatic rings. The molecule has 8 heteroatoms. The summed E-state index contributed by atoms with van der Waals surface area (Å²) in [4.78, 5) is 22.2. The van der Waals surface area contributed by atoms with Gasteiger partial charge in [-0.2, -0.15) is 0 Å². The molecule has 0 aromatic heterocycles. The Hall–Kier alpha value is -1.22. The van der Waals surface area contributed by atoms with E-state index in [1.54, 1.807) is 13.8 Å². The third kappa shape index (κ3) is 17.4. The van der Waals surface area contributed by atoms with Crippen LogP contribution in [0.5, 0.6) is 0 Å². The van der Waals surface area contributed by atoms with Crippen LogP contribution in [-0.4, -0.2) is 60.4 Å². The van der Waals surface area contributed by atoms with E-state index in [1.165, 1.54) is 0 Å². The number of amides is 2. The summed E-state index contributed by atoms with van der Waals surface area (Å²) in [6.07, 6.45) is 0.732. The van der Waals surface area contributed by atoms with Gasteiger partial charge in [0.05, 0.1) is 12.0 Å². The molecule has 0 aliphatic carbocycles. The molecule has 0 fully saturated rings. The molecule has 2 amide bonds. The number of aliphatic hydroxyl groups is 2. The molecule has 0 saturated carbocycles. The molecule has 0 saturated heterocycles. The predicted octanol–water partition coefficient (Wildman–Crippen LogP) is -0.282. The lowest BCUT2D eigenvalue weighted by Gasteiger charge is -2.23. The maximum Gasteiger partial charge on any atom is 0.226 e. The van der Waals surface area contributed by atoms with E-state index in [0.717, 1.165) is 0 Å². The molecule has 0 heterocycles. The van der Waals surface area contributed by atoms with E-state index in [9.17, 15) is 9.59 Å². The minimum Gasteiger partial charge on any atom is -0.396 e. The minimum atomic E-state index is -0.505. The standard InChI is InChI=1S/C8H18N2O2.C7H16N2O2.C2H6/c1-8(2,6-9)7(12)10-4-3-5-11;1-7(2,5-8)9-6(11)3-4-10;1-2/h11H,3-6,9H2,1-2H3,(H,10,12);10H,3-5,8H2,1-2H3,(H,9,11);1-2H3. The highest BCUT2D eigenvalue weighted by Gasteiger charge is 2.24. The van der Waals surface area contributed by atoms with E-state index in [-0.39, 0.29) is 37.0 Å². The van der Waals surface area contributed by atoms with Crippen molar-refractivity contribution < 1.29 is 19.8 Å². The Morgan fingerprint density at radius 3 is 1.84 bits per heavy atom. The fourth-order valence-electron chi connectivity index (χ4n) is 1.21. The first-order valence-corrected chi connectivity index (χ1v) is 8.77. The van der Waals surface area contributed by atoms with Crippen LogP contribution in [-0.2, 0) is 9.59 Å². The number of nitrogens with two attached hydrogens (primary N) is 2. The van der Waals surface area contributed by atoms with Crippen molar-refractivity contribution in [1.82, 2.24) is 10.6 Å². The zero-order valence-corrected chi connectivity index (χ0v) is 16.8. The predicted molar refractivity (Wildman–Crippen MR) is 102 cm³/mol. The van der Waals surface area contributed by atoms with Crippen molar-refractivity contribution in [2.45, 2.75) is 59.9 Å². The Morgan fingerprint density at radius 1 is 0.960 bits per heavy atom. The molecule has 0 bridgehead atoms. The number of carbonyl (C=O) groups excluding carboxylic acids is 2. The summed E-state index contributed by atoms with van der Waals surface area (Å²) in [5.41, 5.74) is 9.90. The van der Waals surface area contributed by atoms with Crippen LogP contribution in [0, 0.1) is 5.41 Å². The summed E-state index contributed by atoms with van der Waals surface area (Å²) in [6, 6.07) is 0. The van der Waals surface area contributed by atoms with E-state index in [0.29, 0.717) is 26.1 Å². The molecule has 0 aliphatic heterocycles. The maximum absolute atomic E-state index is 11.3. The van der Waals surface area contributed by atoms with Gasteiger partial charge < -0.3 is 32.3 Å². The number of carbonyl (C=O) groups is 2. The average Bonchev–Trinajstić information content (AvgIpc) is 2.57. The molecule has 0 aromatic carbocycles. The van der Waals surface area contributed by atoms with Crippen LogP contribution in [0.1, 0.15) is 54.4 Å². The number of aliphatic hydroxyl groups excluding tert-OH is 2. The fourth-order valence-corrected chi connectivity index (χ4v) is 1.21. The highest BCUT2D eigenvalue weighted by atomic mass is 16.3. The Balaban J connectivity index is -0.000000353. The average molecular weight is 365 g/mol. The van der Waals surface area contributed by atoms with Gasteiger partial charge in [-0.15, -0.1) is 0 Å². The molecule has 0 spiro atoms. The van der Waals surface area contributed by atoms with Crippen LogP contribution >= 0.6 is 0 Å². The smallest absolute Gasteiger partial charge is 0.226 e. The molecule has 8 N–H and O–H groups in total. The summed E-state index contributed by atoms with van der Waals surface area (Å²) >= 11 is 0. The van der Waals surface area contributed by atoms with Crippen LogP contribution < -0.4 is 22.1 Å². The van der Waals surface area contributed by atoms with Crippen LogP contribution in [0.25, 0.3) is 0 Å². The Labute approximate surface area is 152 Å². The number of nitrogens with one attached hydrogen (secondary N) is 2. The second-order valence-electron chi connectivity index (χ2n) is 6.53. The summed E-state index contributed by atoms with van der Waals surface area (Å²) in [7, 11) is 0. The Kier molecular flexibility index (Phi) is 18.6. The SMILES string of the molecule is CC.CC(C)(CN)C(=O)NCCCO.CC(C)(CN)NC(=O)CCO. The quantitative estimate of drug-likeness (QED) is 0.310. The molecule has 0 unspecified atom stereocenters. The van der Waals surface area contributed by atoms with Crippen LogP contribution in [0.2, 0.25) is 0 Å². The number of hydrogen-bond acceptors (Lipinski definition) is 6. The second-order valence-corrected chi connectivity index (χ2v) is 6.53. The van der Waals surface area contributed by atoms with Crippen molar-refractivity contribution in [3.05, 3.63) is 0 Å². The van der Waals surface area contributed by atoms with Crippen molar-refractivity contribution in [2.75, 3.05) is 32.8 Å². The highest BCUT2D eigenvalue weighted by Crippen LogP contribution is 2.11. The minimum absolute atomic E-state index is 0.0570. The first-order valence-electron chi connectivity index (χ1n) is 8.77. The van der Waals surface area contributed by atoms with E-state index >= 15 is 0 Å². The van der Waals surface area contributed by atoms with Gasteiger partial charge in [0.2, 0.25) is 11.8 Å². The normalized spacial score (nSPS) is 10.6. The van der Waals surface area contributed by atoms with Gasteiger partial charge in [-0.05, 0) is 34.1 Å². The summed E-state index contributed by atoms with van der Waals surface area (Å²) in [5.74, 6) is -0.221. The van der Waals surface area contributed by atoms with Crippen molar-refractivity contribution in [1.29, 1.82) is 0 Å². The van der Waals surface area contributed by atoms with Crippen molar-refractivity contribution in [3.63, 3.8) is 0 Å². The molecule has 0 atom stereocenters. The lowest BCUT2D eigenvalue weighted by atomic mass is 9.93. The van der Waals surface area contributed by atoms with Gasteiger partial charge in [-0.25, -0.2) is 0 Å². The summed E-state index contributed by atoms with van der Waals surface area (Å²) < 4.78 is 0. The van der Waals surface area contributed by atoms with Gasteiger partial charge in [0.1, 0.15) is 0 Å². The van der Waals surface area contributed by atoms with Gasteiger partial charge in [0, 0.05) is 38.2 Å². The van der Waals surface area contributed by atoms with Gasteiger partial charge in [0.15, 0.2) is 0 Å². The summed E-state index contributed by atoms with van der Waals surface area (Å²) in [5, 5.41) is 22.3. The summed E-state index contributed by atoms with van der Waals surface area (Å²) in [6.45, 7) is 12.5. The molecular weight excluding hydrogens is 324 g/mol. The van der Waals surface area contributed by atoms with Gasteiger partial charge in [0.25, 0.3) is 0 Å². The largest absolute Gasteiger partial charge is 0.396 e. The first kappa shape index (κ1) is 28.6. The number of rotatable bonds is 9. The van der Waals surface area contributed by atoms with Crippen molar-refractivity contribution in [3.8, 4) is 0 Å². The van der Waals surface area contributed by atoms with Gasteiger partial charge in [-0.1, -0.05) is 13.8 Å². The fraction of sp³-hybridized carbons (Fsp3) is 0.882. The highest BCUT2D eigenvalue weighted by molar-refractivity contribution is 5.81. The van der Waals surface area contributed by atoms with E-state index in [4.69, 9.17) is 21.7 Å². The third-order valence-corrected chi connectivity index (χ3v) is 3.07. The van der Waals surface area contributed by atoms with Gasteiger partial charge >= 0.3 is 0 Å². The Bertz CT molecular complexity index is 348.